The molecule has 0 saturated carbocycles. The van der Waals surface area contributed by atoms with E-state index < -0.39 is 99.3 Å². The number of unbranched alkanes of at least 4 members (excludes halogenated alkanes) is 20. The normalized spacial score (nSPS) is 26.9. The van der Waals surface area contributed by atoms with Gasteiger partial charge in [-0.25, -0.2) is 4.79 Å². The van der Waals surface area contributed by atoms with Crippen molar-refractivity contribution >= 4 is 11.9 Å². The van der Waals surface area contributed by atoms with Crippen LogP contribution in [0.5, 0.6) is 0 Å². The van der Waals surface area contributed by atoms with Crippen molar-refractivity contribution in [1.82, 2.24) is 0 Å². The van der Waals surface area contributed by atoms with Gasteiger partial charge < -0.3 is 64.2 Å². The summed E-state index contributed by atoms with van der Waals surface area (Å²) in [6.07, 6.45) is 21.0. The summed E-state index contributed by atoms with van der Waals surface area (Å²) >= 11 is 0. The molecule has 0 bridgehead atoms. The molecule has 0 aromatic carbocycles. The summed E-state index contributed by atoms with van der Waals surface area (Å²) in [5.74, 6) is -1.20. The first-order chi connectivity index (χ1) is 31.0. The minimum Gasteiger partial charge on any atom is -0.458 e. The van der Waals surface area contributed by atoms with Gasteiger partial charge in [0.25, 0.3) is 0 Å². The van der Waals surface area contributed by atoms with Gasteiger partial charge in [-0.2, -0.15) is 0 Å². The van der Waals surface area contributed by atoms with Crippen molar-refractivity contribution in [1.29, 1.82) is 0 Å². The van der Waals surface area contributed by atoms with Crippen molar-refractivity contribution in [3.05, 3.63) is 36.5 Å². The molecule has 15 nitrogen and oxygen atoms in total. The molecular formula is C49H86O15. The molecule has 64 heavy (non-hydrogen) atoms. The van der Waals surface area contributed by atoms with Crippen molar-refractivity contribution < 1.29 is 73.8 Å². The number of hydrogen-bond donors (Lipinski definition) is 7. The third kappa shape index (κ3) is 25.0. The van der Waals surface area contributed by atoms with Crippen molar-refractivity contribution in [3.8, 4) is 0 Å². The number of aliphatic hydroxyl groups excluding tert-OH is 7. The molecule has 2 heterocycles. The molecule has 15 heteroatoms. The van der Waals surface area contributed by atoms with Gasteiger partial charge in [-0.3, -0.25) is 4.79 Å². The Morgan fingerprint density at radius 2 is 1.00 bits per heavy atom. The highest BCUT2D eigenvalue weighted by Gasteiger charge is 2.47. The van der Waals surface area contributed by atoms with Crippen LogP contribution in [0.3, 0.4) is 0 Å². The lowest BCUT2D eigenvalue weighted by Gasteiger charge is -2.42. The molecule has 0 spiro atoms. The largest absolute Gasteiger partial charge is 0.458 e. The Morgan fingerprint density at radius 1 is 0.531 bits per heavy atom. The van der Waals surface area contributed by atoms with Crippen molar-refractivity contribution in [2.45, 2.75) is 235 Å². The molecule has 372 valence electrons. The van der Waals surface area contributed by atoms with Crippen LogP contribution >= 0.6 is 0 Å². The fourth-order valence-corrected chi connectivity index (χ4v) is 7.59. The number of carbonyl (C=O) groups is 2. The Bertz CT molecular complexity index is 1260. The van der Waals surface area contributed by atoms with Crippen molar-refractivity contribution in [2.75, 3.05) is 26.4 Å². The summed E-state index contributed by atoms with van der Waals surface area (Å²) in [4.78, 5) is 25.6. The van der Waals surface area contributed by atoms with E-state index in [0.29, 0.717) is 6.42 Å². The molecule has 0 amide bonds. The highest BCUT2D eigenvalue weighted by atomic mass is 16.7. The zero-order valence-corrected chi connectivity index (χ0v) is 39.0. The second-order valence-corrected chi connectivity index (χ2v) is 17.4. The molecule has 11 atom stereocenters. The number of aliphatic hydroxyl groups is 7. The van der Waals surface area contributed by atoms with Crippen LogP contribution < -0.4 is 0 Å². The number of esters is 2. The summed E-state index contributed by atoms with van der Waals surface area (Å²) < 4.78 is 33.3. The molecule has 2 fully saturated rings. The molecule has 2 rings (SSSR count). The van der Waals surface area contributed by atoms with E-state index in [2.05, 4.69) is 26.0 Å². The van der Waals surface area contributed by atoms with Crippen LogP contribution in [-0.4, -0.2) is 142 Å². The van der Waals surface area contributed by atoms with Gasteiger partial charge in [0, 0.05) is 12.5 Å². The van der Waals surface area contributed by atoms with Crippen LogP contribution in [0, 0.1) is 0 Å². The summed E-state index contributed by atoms with van der Waals surface area (Å²) in [5, 5.41) is 71.9. The molecule has 0 aromatic heterocycles. The maximum Gasteiger partial charge on any atom is 0.330 e. The number of ether oxygens (including phenoxy) is 6. The fraction of sp³-hybridized carbons (Fsp3) is 0.837. The van der Waals surface area contributed by atoms with E-state index in [9.17, 15) is 45.3 Å². The molecular weight excluding hydrogens is 829 g/mol. The van der Waals surface area contributed by atoms with Crippen LogP contribution in [0.25, 0.3) is 0 Å². The van der Waals surface area contributed by atoms with Gasteiger partial charge in [-0.15, -0.1) is 0 Å². The molecule has 0 aliphatic carbocycles. The Labute approximate surface area is 383 Å². The first-order valence-corrected chi connectivity index (χ1v) is 24.6. The van der Waals surface area contributed by atoms with Gasteiger partial charge in [-0.1, -0.05) is 147 Å². The van der Waals surface area contributed by atoms with Gasteiger partial charge in [0.1, 0.15) is 55.4 Å². The molecule has 2 saturated heterocycles. The average Bonchev–Trinajstić information content (AvgIpc) is 3.29. The topological polar surface area (TPSA) is 231 Å². The van der Waals surface area contributed by atoms with Gasteiger partial charge in [0.2, 0.25) is 0 Å². The fourth-order valence-electron chi connectivity index (χ4n) is 7.59. The van der Waals surface area contributed by atoms with Gasteiger partial charge in [0.05, 0.1) is 19.8 Å². The quantitative estimate of drug-likeness (QED) is 0.0122. The van der Waals surface area contributed by atoms with Gasteiger partial charge in [0.15, 0.2) is 18.7 Å². The summed E-state index contributed by atoms with van der Waals surface area (Å²) in [5.41, 5.74) is 0. The standard InChI is InChI=1S/C49H86O15/c1-3-5-7-9-11-13-15-17-18-20-21-23-25-27-29-31-40(51)59-34-37(62-41(52)32-30-28-26-24-22-19-16-14-12-10-8-6-4-2)35-60-48-47(58)45(56)43(54)39(64-48)36-61-49-46(57)44(55)42(53)38(33-50)63-49/h19,22,25,27,29,31,37-39,42-50,53-58H,3-18,20-21,23-24,26,28,30,32-36H2,1-2H3/b22-19+,27-25+,31-29+/t37-,38-,39-,42+,43+,44?,45?,46?,47?,48-,49-/m1/s1. The highest BCUT2D eigenvalue weighted by Crippen LogP contribution is 2.26. The number of carbonyl (C=O) groups excluding carboxylic acids is 2. The SMILES string of the molecule is CCCCCCCC/C=C/CCCCCC(=O)O[C@H](COC(=O)/C=C/C=C/CCCCCCCCCCCCC)CO[C@@H]1O[C@H](CO[C@@H]2O[C@H](CO)[C@H](O)C(O)C2O)[C@H](O)C(O)C1O. The number of hydrogen-bond acceptors (Lipinski definition) is 15. The van der Waals surface area contributed by atoms with E-state index in [1.165, 1.54) is 109 Å². The molecule has 4 unspecified atom stereocenters. The Morgan fingerprint density at radius 3 is 1.55 bits per heavy atom. The Balaban J connectivity index is 1.87. The van der Waals surface area contributed by atoms with Crippen LogP contribution in [0.4, 0.5) is 0 Å². The Hall–Kier alpha value is -2.28. The molecule has 0 radical (unpaired) electrons. The minimum atomic E-state index is -1.78. The zero-order valence-electron chi connectivity index (χ0n) is 39.0. The van der Waals surface area contributed by atoms with Crippen LogP contribution in [0.15, 0.2) is 36.5 Å². The van der Waals surface area contributed by atoms with E-state index >= 15 is 0 Å². The lowest BCUT2D eigenvalue weighted by Crippen LogP contribution is -2.61. The second-order valence-electron chi connectivity index (χ2n) is 17.4. The van der Waals surface area contributed by atoms with Crippen LogP contribution in [0.1, 0.15) is 168 Å². The van der Waals surface area contributed by atoms with E-state index in [1.807, 2.05) is 6.08 Å². The van der Waals surface area contributed by atoms with E-state index in [1.54, 1.807) is 12.2 Å². The first-order valence-electron chi connectivity index (χ1n) is 24.6. The van der Waals surface area contributed by atoms with Crippen molar-refractivity contribution in [2.24, 2.45) is 0 Å². The predicted molar refractivity (Wildman–Crippen MR) is 243 cm³/mol. The summed E-state index contributed by atoms with van der Waals surface area (Å²) in [6, 6.07) is 0. The lowest BCUT2D eigenvalue weighted by molar-refractivity contribution is -0.332. The first kappa shape index (κ1) is 57.8. The third-order valence-electron chi connectivity index (χ3n) is 11.7. The van der Waals surface area contributed by atoms with E-state index in [4.69, 9.17) is 28.4 Å². The monoisotopic (exact) mass is 915 g/mol. The molecule has 0 aromatic rings. The minimum absolute atomic E-state index is 0.126. The third-order valence-corrected chi connectivity index (χ3v) is 11.7. The lowest BCUT2D eigenvalue weighted by atomic mass is 9.98. The molecule has 2 aliphatic heterocycles. The van der Waals surface area contributed by atoms with Crippen LogP contribution in [-0.2, 0) is 38.0 Å². The van der Waals surface area contributed by atoms with Gasteiger partial charge in [-0.05, 0) is 44.9 Å². The van der Waals surface area contributed by atoms with E-state index in [0.717, 1.165) is 38.5 Å². The maximum absolute atomic E-state index is 12.9. The smallest absolute Gasteiger partial charge is 0.330 e. The van der Waals surface area contributed by atoms with Crippen molar-refractivity contribution in [3.63, 3.8) is 0 Å². The Kier molecular flexibility index (Phi) is 33.3. The highest BCUT2D eigenvalue weighted by molar-refractivity contribution is 5.82. The second kappa shape index (κ2) is 36.8. The summed E-state index contributed by atoms with van der Waals surface area (Å²) in [6.45, 7) is 2.43. The molecule has 2 aliphatic rings. The number of allylic oxidation sites excluding steroid dienone is 5. The average molecular weight is 915 g/mol. The maximum atomic E-state index is 12.9. The predicted octanol–water partition coefficient (Wildman–Crippen LogP) is 6.15. The van der Waals surface area contributed by atoms with E-state index in [-0.39, 0.29) is 13.0 Å². The molecule has 7 N–H and O–H groups in total. The summed E-state index contributed by atoms with van der Waals surface area (Å²) in [7, 11) is 0. The van der Waals surface area contributed by atoms with Gasteiger partial charge >= 0.3 is 11.9 Å². The number of rotatable bonds is 37. The van der Waals surface area contributed by atoms with Crippen LogP contribution in [0.2, 0.25) is 0 Å². The zero-order chi connectivity index (χ0) is 46.8.